The lowest BCUT2D eigenvalue weighted by Crippen LogP contribution is -2.32. The maximum absolute atomic E-state index is 12.1. The number of rotatable bonds is 3. The molecule has 1 aliphatic heterocycles. The standard InChI is InChI=1S/C18H18N2O4/c1-23-17(21)11-24-16-10-12-6-2-4-8-14(12)20(18(19)22)15-9-5-3-7-13(15)16/h2-9,16H,10-11H2,1H3,(H2,19,22)/t16-/m1/s1. The Balaban J connectivity index is 2.08. The molecule has 2 amide bonds. The van der Waals surface area contributed by atoms with Gasteiger partial charge in [0, 0.05) is 12.0 Å². The van der Waals surface area contributed by atoms with Crippen molar-refractivity contribution in [1.82, 2.24) is 0 Å². The van der Waals surface area contributed by atoms with Gasteiger partial charge in [0.2, 0.25) is 0 Å². The largest absolute Gasteiger partial charge is 0.467 e. The number of ether oxygens (including phenoxy) is 2. The van der Waals surface area contributed by atoms with E-state index in [9.17, 15) is 9.59 Å². The van der Waals surface area contributed by atoms with Crippen LogP contribution in [0.4, 0.5) is 16.2 Å². The average Bonchev–Trinajstić information content (AvgIpc) is 2.73. The van der Waals surface area contributed by atoms with Gasteiger partial charge in [-0.15, -0.1) is 0 Å². The van der Waals surface area contributed by atoms with Gasteiger partial charge in [0.1, 0.15) is 6.61 Å². The van der Waals surface area contributed by atoms with Crippen LogP contribution >= 0.6 is 0 Å². The Morgan fingerprint density at radius 2 is 1.79 bits per heavy atom. The highest BCUT2D eigenvalue weighted by molar-refractivity contribution is 6.00. The van der Waals surface area contributed by atoms with Crippen molar-refractivity contribution in [2.24, 2.45) is 5.73 Å². The molecule has 0 radical (unpaired) electrons. The molecule has 6 heteroatoms. The zero-order chi connectivity index (χ0) is 17.1. The molecule has 0 saturated heterocycles. The van der Waals surface area contributed by atoms with Crippen LogP contribution < -0.4 is 10.6 Å². The fraction of sp³-hybridized carbons (Fsp3) is 0.222. The highest BCUT2D eigenvalue weighted by Crippen LogP contribution is 2.41. The van der Waals surface area contributed by atoms with E-state index < -0.39 is 12.0 Å². The first-order valence-electron chi connectivity index (χ1n) is 7.56. The number of esters is 1. The summed E-state index contributed by atoms with van der Waals surface area (Å²) in [6.45, 7) is -0.158. The number of primary amides is 1. The van der Waals surface area contributed by atoms with Gasteiger partial charge in [0.05, 0.1) is 24.6 Å². The highest BCUT2D eigenvalue weighted by atomic mass is 16.6. The molecule has 0 spiro atoms. The van der Waals surface area contributed by atoms with Gasteiger partial charge in [-0.3, -0.25) is 4.90 Å². The number of fused-ring (bicyclic) bond motifs is 2. The molecule has 24 heavy (non-hydrogen) atoms. The Morgan fingerprint density at radius 1 is 1.12 bits per heavy atom. The summed E-state index contributed by atoms with van der Waals surface area (Å²) in [7, 11) is 1.32. The van der Waals surface area contributed by atoms with Gasteiger partial charge in [-0.1, -0.05) is 36.4 Å². The molecule has 6 nitrogen and oxygen atoms in total. The molecular weight excluding hydrogens is 308 g/mol. The number of carbonyl (C=O) groups is 2. The van der Waals surface area contributed by atoms with E-state index in [0.29, 0.717) is 12.1 Å². The van der Waals surface area contributed by atoms with Crippen LogP contribution in [-0.2, 0) is 20.7 Å². The molecule has 0 fully saturated rings. The van der Waals surface area contributed by atoms with E-state index in [1.165, 1.54) is 12.0 Å². The Hall–Kier alpha value is -2.86. The molecule has 2 N–H and O–H groups in total. The van der Waals surface area contributed by atoms with Crippen LogP contribution in [0.2, 0.25) is 0 Å². The average molecular weight is 326 g/mol. The van der Waals surface area contributed by atoms with E-state index in [-0.39, 0.29) is 12.7 Å². The van der Waals surface area contributed by atoms with E-state index in [2.05, 4.69) is 4.74 Å². The molecule has 0 bridgehead atoms. The summed E-state index contributed by atoms with van der Waals surface area (Å²) in [5, 5.41) is 0. The molecular formula is C18H18N2O4. The molecule has 1 heterocycles. The minimum atomic E-state index is -0.566. The van der Waals surface area contributed by atoms with Crippen LogP contribution in [0, 0.1) is 0 Å². The first-order valence-corrected chi connectivity index (χ1v) is 7.56. The van der Waals surface area contributed by atoms with E-state index in [0.717, 1.165) is 16.8 Å². The van der Waals surface area contributed by atoms with Crippen molar-refractivity contribution in [3.05, 3.63) is 59.7 Å². The van der Waals surface area contributed by atoms with Gasteiger partial charge >= 0.3 is 12.0 Å². The van der Waals surface area contributed by atoms with Gasteiger partial charge < -0.3 is 15.2 Å². The van der Waals surface area contributed by atoms with E-state index in [1.807, 2.05) is 48.5 Å². The second-order valence-electron chi connectivity index (χ2n) is 5.44. The minimum Gasteiger partial charge on any atom is -0.467 e. The van der Waals surface area contributed by atoms with Crippen molar-refractivity contribution < 1.29 is 19.1 Å². The van der Waals surface area contributed by atoms with Crippen molar-refractivity contribution in [3.63, 3.8) is 0 Å². The van der Waals surface area contributed by atoms with Gasteiger partial charge in [0.25, 0.3) is 0 Å². The monoisotopic (exact) mass is 326 g/mol. The van der Waals surface area contributed by atoms with Crippen LogP contribution in [0.3, 0.4) is 0 Å². The molecule has 0 aromatic heterocycles. The van der Waals surface area contributed by atoms with Crippen molar-refractivity contribution in [2.45, 2.75) is 12.5 Å². The van der Waals surface area contributed by atoms with Crippen molar-refractivity contribution in [3.8, 4) is 0 Å². The molecule has 0 saturated carbocycles. The van der Waals surface area contributed by atoms with Crippen LogP contribution in [0.5, 0.6) is 0 Å². The highest BCUT2D eigenvalue weighted by Gasteiger charge is 2.29. The Morgan fingerprint density at radius 3 is 2.50 bits per heavy atom. The normalized spacial score (nSPS) is 15.9. The van der Waals surface area contributed by atoms with Crippen molar-refractivity contribution >= 4 is 23.4 Å². The third-order valence-electron chi connectivity index (χ3n) is 4.01. The molecule has 124 valence electrons. The number of amides is 2. The zero-order valence-corrected chi connectivity index (χ0v) is 13.3. The number of hydrogen-bond acceptors (Lipinski definition) is 4. The van der Waals surface area contributed by atoms with Crippen LogP contribution in [-0.4, -0.2) is 25.7 Å². The SMILES string of the molecule is COC(=O)CO[C@@H]1Cc2ccccc2N(C(N)=O)c2ccccc21. The third kappa shape index (κ3) is 2.96. The Bertz CT molecular complexity index is 775. The fourth-order valence-electron chi connectivity index (χ4n) is 2.92. The summed E-state index contributed by atoms with van der Waals surface area (Å²) in [5.74, 6) is -0.447. The minimum absolute atomic E-state index is 0.158. The second kappa shape index (κ2) is 6.72. The summed E-state index contributed by atoms with van der Waals surface area (Å²) in [6, 6.07) is 14.3. The first kappa shape index (κ1) is 16.0. The molecule has 2 aromatic carbocycles. The predicted molar refractivity (Wildman–Crippen MR) is 89.0 cm³/mol. The maximum atomic E-state index is 12.1. The van der Waals surface area contributed by atoms with Gasteiger partial charge in [-0.05, 0) is 17.7 Å². The van der Waals surface area contributed by atoms with Gasteiger partial charge in [-0.2, -0.15) is 0 Å². The molecule has 0 aliphatic carbocycles. The molecule has 1 atom stereocenters. The second-order valence-corrected chi connectivity index (χ2v) is 5.44. The number of anilines is 2. The molecule has 3 rings (SSSR count). The quantitative estimate of drug-likeness (QED) is 0.879. The summed E-state index contributed by atoms with van der Waals surface area (Å²) >= 11 is 0. The Labute approximate surface area is 139 Å². The van der Waals surface area contributed by atoms with E-state index in [4.69, 9.17) is 10.5 Å². The zero-order valence-electron chi connectivity index (χ0n) is 13.3. The molecule has 0 unspecified atom stereocenters. The first-order chi connectivity index (χ1) is 11.6. The molecule has 2 aromatic rings. The number of urea groups is 1. The lowest BCUT2D eigenvalue weighted by Gasteiger charge is -2.23. The number of nitrogens with zero attached hydrogens (tertiary/aromatic N) is 1. The van der Waals surface area contributed by atoms with Crippen LogP contribution in [0.15, 0.2) is 48.5 Å². The summed E-state index contributed by atoms with van der Waals surface area (Å²) in [5.41, 5.74) is 8.73. The topological polar surface area (TPSA) is 81.9 Å². The van der Waals surface area contributed by atoms with Crippen molar-refractivity contribution in [1.29, 1.82) is 0 Å². The van der Waals surface area contributed by atoms with Crippen LogP contribution in [0.25, 0.3) is 0 Å². The number of methoxy groups -OCH3 is 1. The lowest BCUT2D eigenvalue weighted by atomic mass is 10.0. The molecule has 1 aliphatic rings. The smallest absolute Gasteiger partial charge is 0.331 e. The summed E-state index contributed by atoms with van der Waals surface area (Å²) in [4.78, 5) is 25.0. The Kier molecular flexibility index (Phi) is 4.48. The maximum Gasteiger partial charge on any atom is 0.331 e. The number of para-hydroxylation sites is 2. The van der Waals surface area contributed by atoms with E-state index >= 15 is 0 Å². The summed E-state index contributed by atoms with van der Waals surface area (Å²) < 4.78 is 10.4. The fourth-order valence-corrected chi connectivity index (χ4v) is 2.92. The lowest BCUT2D eigenvalue weighted by molar-refractivity contribution is -0.148. The number of benzene rings is 2. The predicted octanol–water partition coefficient (Wildman–Crippen LogP) is 2.69. The van der Waals surface area contributed by atoms with E-state index in [1.54, 1.807) is 0 Å². The van der Waals surface area contributed by atoms with Crippen molar-refractivity contribution in [2.75, 3.05) is 18.6 Å². The third-order valence-corrected chi connectivity index (χ3v) is 4.01. The van der Waals surface area contributed by atoms with Crippen LogP contribution in [0.1, 0.15) is 17.2 Å². The number of hydrogen-bond donors (Lipinski definition) is 1. The number of nitrogens with two attached hydrogens (primary N) is 1. The number of carbonyl (C=O) groups excluding carboxylic acids is 2. The van der Waals surface area contributed by atoms with Gasteiger partial charge in [-0.25, -0.2) is 9.59 Å². The van der Waals surface area contributed by atoms with Gasteiger partial charge in [0.15, 0.2) is 0 Å². The summed E-state index contributed by atoms with van der Waals surface area (Å²) in [6.07, 6.45) is 0.138.